The molecule has 3 aromatic rings. The summed E-state index contributed by atoms with van der Waals surface area (Å²) in [5, 5.41) is 13.8. The Balaban J connectivity index is 1.34. The number of nitrogens with zero attached hydrogens (tertiary/aromatic N) is 4. The quantitative estimate of drug-likeness (QED) is 0.759. The maximum atomic E-state index is 12.6. The van der Waals surface area contributed by atoms with Crippen molar-refractivity contribution in [1.29, 1.82) is 0 Å². The van der Waals surface area contributed by atoms with Crippen LogP contribution in [0.3, 0.4) is 0 Å². The Morgan fingerprint density at radius 1 is 1.36 bits per heavy atom. The van der Waals surface area contributed by atoms with Crippen molar-refractivity contribution in [3.8, 4) is 0 Å². The van der Waals surface area contributed by atoms with E-state index in [1.165, 1.54) is 0 Å². The topological polar surface area (TPSA) is 72.2 Å². The second-order valence-corrected chi connectivity index (χ2v) is 8.71. The molecule has 1 amide bonds. The van der Waals surface area contributed by atoms with Gasteiger partial charge in [0.2, 0.25) is 0 Å². The molecule has 0 unspecified atom stereocenters. The number of hydrogen-bond acceptors (Lipinski definition) is 6. The Labute approximate surface area is 154 Å². The van der Waals surface area contributed by atoms with E-state index in [-0.39, 0.29) is 11.9 Å². The summed E-state index contributed by atoms with van der Waals surface area (Å²) in [6.07, 6.45) is 7.66. The van der Waals surface area contributed by atoms with E-state index in [0.717, 1.165) is 35.7 Å². The minimum atomic E-state index is -0.0646. The lowest BCUT2D eigenvalue weighted by Gasteiger charge is -2.28. The zero-order valence-corrected chi connectivity index (χ0v) is 15.5. The predicted octanol–water partition coefficient (Wildman–Crippen LogP) is 3.33. The third-order valence-electron chi connectivity index (χ3n) is 4.44. The van der Waals surface area contributed by atoms with Gasteiger partial charge >= 0.3 is 0 Å². The number of rotatable bonds is 4. The third-order valence-corrected chi connectivity index (χ3v) is 6.87. The summed E-state index contributed by atoms with van der Waals surface area (Å²) in [5.74, 6) is -0.0646. The van der Waals surface area contributed by atoms with Crippen LogP contribution in [0.2, 0.25) is 0 Å². The molecule has 130 valence electrons. The minimum absolute atomic E-state index is 0.0646. The molecule has 0 saturated heterocycles. The molecule has 0 atom stereocenters. The Hall–Kier alpha value is -1.93. The average Bonchev–Trinajstić information content (AvgIpc) is 3.25. The molecule has 1 aliphatic carbocycles. The summed E-state index contributed by atoms with van der Waals surface area (Å²) in [6, 6.07) is 3.87. The summed E-state index contributed by atoms with van der Waals surface area (Å²) in [4.78, 5) is 17.1. The fourth-order valence-corrected chi connectivity index (χ4v) is 5.43. The van der Waals surface area contributed by atoms with E-state index < -0.39 is 0 Å². The molecule has 1 saturated carbocycles. The molecule has 3 heterocycles. The molecule has 0 radical (unpaired) electrons. The van der Waals surface area contributed by atoms with E-state index in [9.17, 15) is 4.79 Å². The van der Waals surface area contributed by atoms with Crippen LogP contribution in [0, 0.1) is 6.92 Å². The lowest BCUT2D eigenvalue weighted by atomic mass is 9.95. The zero-order chi connectivity index (χ0) is 17.2. The number of hydrogen-bond donors (Lipinski definition) is 1. The maximum Gasteiger partial charge on any atom is 0.255 e. The summed E-state index contributed by atoms with van der Waals surface area (Å²) in [6.45, 7) is 2.03. The summed E-state index contributed by atoms with van der Waals surface area (Å²) < 4.78 is 2.92. The molecule has 1 N–H and O–H groups in total. The second kappa shape index (κ2) is 7.13. The maximum absolute atomic E-state index is 12.6. The van der Waals surface area contributed by atoms with Gasteiger partial charge in [-0.3, -0.25) is 9.20 Å². The molecular formula is C17H19N5OS2. The Kier molecular flexibility index (Phi) is 4.72. The number of thiazole rings is 1. The molecule has 6 nitrogen and oxygen atoms in total. The molecule has 1 aliphatic rings. The van der Waals surface area contributed by atoms with Gasteiger partial charge in [-0.05, 0) is 44.7 Å². The Morgan fingerprint density at radius 2 is 2.20 bits per heavy atom. The van der Waals surface area contributed by atoms with Crippen LogP contribution >= 0.6 is 23.1 Å². The smallest absolute Gasteiger partial charge is 0.255 e. The van der Waals surface area contributed by atoms with Crippen molar-refractivity contribution in [2.45, 2.75) is 48.2 Å². The summed E-state index contributed by atoms with van der Waals surface area (Å²) in [7, 11) is 0. The van der Waals surface area contributed by atoms with Gasteiger partial charge in [-0.2, -0.15) is 0 Å². The van der Waals surface area contributed by atoms with E-state index in [1.807, 2.05) is 30.9 Å². The van der Waals surface area contributed by atoms with Gasteiger partial charge < -0.3 is 5.32 Å². The highest BCUT2D eigenvalue weighted by molar-refractivity contribution is 8.01. The van der Waals surface area contributed by atoms with E-state index in [1.54, 1.807) is 28.1 Å². The number of aromatic nitrogens is 4. The lowest BCUT2D eigenvalue weighted by Crippen LogP contribution is -2.38. The molecule has 0 aliphatic heterocycles. The van der Waals surface area contributed by atoms with Crippen LogP contribution < -0.4 is 5.32 Å². The standard InChI is InChI=1S/C17H19N5OS2/c1-11-9-24-17(19-11)25-13-6-4-12(5-7-13)20-16(23)14-3-2-8-22-10-18-21-15(14)22/h2-3,8-10,12-13H,4-7H2,1H3,(H,20,23). The van der Waals surface area contributed by atoms with E-state index in [2.05, 4.69) is 25.9 Å². The van der Waals surface area contributed by atoms with Gasteiger partial charge in [0.15, 0.2) is 5.65 Å². The lowest BCUT2D eigenvalue weighted by molar-refractivity contribution is 0.0929. The average molecular weight is 374 g/mol. The van der Waals surface area contributed by atoms with Crippen molar-refractivity contribution < 1.29 is 4.79 Å². The Morgan fingerprint density at radius 3 is 2.96 bits per heavy atom. The van der Waals surface area contributed by atoms with Crippen LogP contribution in [-0.2, 0) is 0 Å². The van der Waals surface area contributed by atoms with Crippen molar-refractivity contribution >= 4 is 34.7 Å². The van der Waals surface area contributed by atoms with Gasteiger partial charge in [-0.25, -0.2) is 4.98 Å². The fraction of sp³-hybridized carbons (Fsp3) is 0.412. The first-order valence-corrected chi connectivity index (χ1v) is 10.1. The first-order valence-electron chi connectivity index (χ1n) is 8.37. The molecule has 1 fully saturated rings. The van der Waals surface area contributed by atoms with Crippen molar-refractivity contribution in [1.82, 2.24) is 24.9 Å². The summed E-state index contributed by atoms with van der Waals surface area (Å²) >= 11 is 3.60. The Bertz CT molecular complexity index is 882. The van der Waals surface area contributed by atoms with Gasteiger partial charge in [0.05, 0.1) is 5.56 Å². The third kappa shape index (κ3) is 3.69. The molecule has 4 rings (SSSR count). The minimum Gasteiger partial charge on any atom is -0.349 e. The first kappa shape index (κ1) is 16.5. The monoisotopic (exact) mass is 373 g/mol. The highest BCUT2D eigenvalue weighted by Crippen LogP contribution is 2.35. The van der Waals surface area contributed by atoms with E-state index >= 15 is 0 Å². The van der Waals surface area contributed by atoms with Gasteiger partial charge in [0.1, 0.15) is 10.7 Å². The van der Waals surface area contributed by atoms with Gasteiger partial charge in [0, 0.05) is 28.6 Å². The predicted molar refractivity (Wildman–Crippen MR) is 99.2 cm³/mol. The van der Waals surface area contributed by atoms with Crippen LogP contribution in [0.4, 0.5) is 0 Å². The first-order chi connectivity index (χ1) is 12.2. The van der Waals surface area contributed by atoms with Crippen molar-refractivity contribution in [3.05, 3.63) is 41.3 Å². The number of nitrogens with one attached hydrogen (secondary N) is 1. The number of amides is 1. The molecule has 25 heavy (non-hydrogen) atoms. The number of carbonyl (C=O) groups excluding carboxylic acids is 1. The fourth-order valence-electron chi connectivity index (χ4n) is 3.15. The number of pyridine rings is 1. The van der Waals surface area contributed by atoms with Crippen LogP contribution in [0.25, 0.3) is 5.65 Å². The van der Waals surface area contributed by atoms with Crippen LogP contribution in [0.1, 0.15) is 41.7 Å². The van der Waals surface area contributed by atoms with Crippen molar-refractivity contribution in [2.24, 2.45) is 0 Å². The number of fused-ring (bicyclic) bond motifs is 1. The molecule has 0 aromatic carbocycles. The van der Waals surface area contributed by atoms with Gasteiger partial charge in [-0.15, -0.1) is 21.5 Å². The molecule has 3 aromatic heterocycles. The van der Waals surface area contributed by atoms with E-state index in [0.29, 0.717) is 16.5 Å². The van der Waals surface area contributed by atoms with Crippen molar-refractivity contribution in [2.75, 3.05) is 0 Å². The largest absolute Gasteiger partial charge is 0.349 e. The van der Waals surface area contributed by atoms with Crippen LogP contribution in [-0.4, -0.2) is 36.8 Å². The zero-order valence-electron chi connectivity index (χ0n) is 13.9. The molecular weight excluding hydrogens is 354 g/mol. The molecule has 8 heteroatoms. The van der Waals surface area contributed by atoms with E-state index in [4.69, 9.17) is 0 Å². The second-order valence-electron chi connectivity index (χ2n) is 6.30. The van der Waals surface area contributed by atoms with Crippen molar-refractivity contribution in [3.63, 3.8) is 0 Å². The number of carbonyl (C=O) groups is 1. The van der Waals surface area contributed by atoms with Gasteiger partial charge in [-0.1, -0.05) is 11.8 Å². The highest BCUT2D eigenvalue weighted by Gasteiger charge is 2.25. The number of thioether (sulfide) groups is 1. The van der Waals surface area contributed by atoms with Crippen LogP contribution in [0.15, 0.2) is 34.4 Å². The highest BCUT2D eigenvalue weighted by atomic mass is 32.2. The number of aryl methyl sites for hydroxylation is 1. The summed E-state index contributed by atoms with van der Waals surface area (Å²) in [5.41, 5.74) is 2.27. The molecule has 0 spiro atoms. The molecule has 0 bridgehead atoms. The SMILES string of the molecule is Cc1csc(SC2CCC(NC(=O)c3cccn4cnnc34)CC2)n1. The normalized spacial score (nSPS) is 20.7. The van der Waals surface area contributed by atoms with Gasteiger partial charge in [0.25, 0.3) is 5.91 Å². The van der Waals surface area contributed by atoms with Crippen LogP contribution in [0.5, 0.6) is 0 Å².